The van der Waals surface area contributed by atoms with E-state index in [1.54, 1.807) is 0 Å². The van der Waals surface area contributed by atoms with Gasteiger partial charge in [0.15, 0.2) is 0 Å². The van der Waals surface area contributed by atoms with Crippen LogP contribution in [0.1, 0.15) is 12.8 Å². The molecule has 0 radical (unpaired) electrons. The minimum Gasteiger partial charge on any atom is -0.396 e. The van der Waals surface area contributed by atoms with Gasteiger partial charge >= 0.3 is 0 Å². The van der Waals surface area contributed by atoms with Crippen molar-refractivity contribution in [3.8, 4) is 0 Å². The van der Waals surface area contributed by atoms with Crippen LogP contribution in [-0.2, 0) is 4.79 Å². The molecule has 0 aliphatic heterocycles. The predicted octanol–water partition coefficient (Wildman–Crippen LogP) is -0.565. The maximum atomic E-state index is 11.2. The zero-order valence-corrected chi connectivity index (χ0v) is 8.29. The van der Waals surface area contributed by atoms with E-state index >= 15 is 0 Å². The molecule has 0 saturated heterocycles. The molecule has 1 fully saturated rings. The molecule has 0 aromatic heterocycles. The van der Waals surface area contributed by atoms with E-state index in [0.29, 0.717) is 18.5 Å². The van der Waals surface area contributed by atoms with E-state index in [2.05, 4.69) is 5.32 Å². The lowest BCUT2D eigenvalue weighted by Gasteiger charge is -2.34. The average Bonchev–Trinajstić information content (AvgIpc) is 1.94. The van der Waals surface area contributed by atoms with Crippen LogP contribution < -0.4 is 5.32 Å². The van der Waals surface area contributed by atoms with Crippen molar-refractivity contribution in [1.82, 2.24) is 10.2 Å². The van der Waals surface area contributed by atoms with Crippen molar-refractivity contribution in [3.63, 3.8) is 0 Å². The SMILES string of the molecule is CN(C)CC(=O)NC1CC(CO)C1. The Balaban J connectivity index is 2.09. The fourth-order valence-corrected chi connectivity index (χ4v) is 1.56. The number of amides is 1. The molecule has 1 aliphatic rings. The summed E-state index contributed by atoms with van der Waals surface area (Å²) in [6.07, 6.45) is 1.85. The summed E-state index contributed by atoms with van der Waals surface area (Å²) in [5.41, 5.74) is 0. The van der Waals surface area contributed by atoms with E-state index < -0.39 is 0 Å². The number of nitrogens with one attached hydrogen (secondary N) is 1. The first kappa shape index (κ1) is 10.5. The van der Waals surface area contributed by atoms with Gasteiger partial charge in [0.25, 0.3) is 0 Å². The van der Waals surface area contributed by atoms with Crippen LogP contribution in [0.5, 0.6) is 0 Å². The second kappa shape index (κ2) is 4.58. The highest BCUT2D eigenvalue weighted by Crippen LogP contribution is 2.26. The normalized spacial score (nSPS) is 27.1. The lowest BCUT2D eigenvalue weighted by atomic mass is 9.81. The molecule has 4 nitrogen and oxygen atoms in total. The van der Waals surface area contributed by atoms with Gasteiger partial charge in [0.1, 0.15) is 0 Å². The number of hydrogen-bond donors (Lipinski definition) is 2. The Hall–Kier alpha value is -0.610. The standard InChI is InChI=1S/C9H18N2O2/c1-11(2)5-9(13)10-8-3-7(4-8)6-12/h7-8,12H,3-6H2,1-2H3,(H,10,13). The fourth-order valence-electron chi connectivity index (χ4n) is 1.56. The second-order valence-corrected chi connectivity index (χ2v) is 4.02. The Morgan fingerprint density at radius 2 is 2.15 bits per heavy atom. The minimum atomic E-state index is 0.0754. The molecular weight excluding hydrogens is 168 g/mol. The largest absolute Gasteiger partial charge is 0.396 e. The van der Waals surface area contributed by atoms with Gasteiger partial charge in [0.2, 0.25) is 5.91 Å². The van der Waals surface area contributed by atoms with Gasteiger partial charge in [-0.05, 0) is 32.9 Å². The van der Waals surface area contributed by atoms with E-state index in [9.17, 15) is 4.79 Å². The zero-order chi connectivity index (χ0) is 9.84. The van der Waals surface area contributed by atoms with Gasteiger partial charge in [-0.1, -0.05) is 0 Å². The number of rotatable bonds is 4. The minimum absolute atomic E-state index is 0.0754. The van der Waals surface area contributed by atoms with Gasteiger partial charge in [-0.3, -0.25) is 4.79 Å². The van der Waals surface area contributed by atoms with Crippen LogP contribution >= 0.6 is 0 Å². The molecule has 0 spiro atoms. The van der Waals surface area contributed by atoms with Crippen molar-refractivity contribution in [3.05, 3.63) is 0 Å². The smallest absolute Gasteiger partial charge is 0.234 e. The molecule has 1 amide bonds. The Bertz CT molecular complexity index is 176. The quantitative estimate of drug-likeness (QED) is 0.618. The third-order valence-corrected chi connectivity index (χ3v) is 2.32. The van der Waals surface area contributed by atoms with E-state index in [-0.39, 0.29) is 12.5 Å². The predicted molar refractivity (Wildman–Crippen MR) is 50.3 cm³/mol. The van der Waals surface area contributed by atoms with Crippen LogP contribution in [0.15, 0.2) is 0 Å². The topological polar surface area (TPSA) is 52.6 Å². The molecule has 76 valence electrons. The Labute approximate surface area is 78.9 Å². The molecule has 0 heterocycles. The van der Waals surface area contributed by atoms with E-state index in [0.717, 1.165) is 12.8 Å². The number of aliphatic hydroxyl groups is 1. The Morgan fingerprint density at radius 3 is 2.62 bits per heavy atom. The second-order valence-electron chi connectivity index (χ2n) is 4.02. The fraction of sp³-hybridized carbons (Fsp3) is 0.889. The summed E-state index contributed by atoms with van der Waals surface area (Å²) in [5.74, 6) is 0.482. The molecule has 0 bridgehead atoms. The molecule has 13 heavy (non-hydrogen) atoms. The van der Waals surface area contributed by atoms with E-state index in [1.807, 2.05) is 19.0 Å². The summed E-state index contributed by atoms with van der Waals surface area (Å²) in [7, 11) is 3.74. The van der Waals surface area contributed by atoms with Gasteiger partial charge in [0.05, 0.1) is 6.54 Å². The van der Waals surface area contributed by atoms with Gasteiger partial charge in [-0.25, -0.2) is 0 Å². The summed E-state index contributed by atoms with van der Waals surface area (Å²) in [6.45, 7) is 0.695. The lowest BCUT2D eigenvalue weighted by molar-refractivity contribution is -0.123. The van der Waals surface area contributed by atoms with Crippen LogP contribution in [0.2, 0.25) is 0 Å². The molecule has 1 rings (SSSR count). The maximum Gasteiger partial charge on any atom is 0.234 e. The number of carbonyl (C=O) groups is 1. The molecule has 1 saturated carbocycles. The van der Waals surface area contributed by atoms with E-state index in [4.69, 9.17) is 5.11 Å². The molecule has 0 aromatic rings. The summed E-state index contributed by atoms with van der Waals surface area (Å²) >= 11 is 0. The highest BCUT2D eigenvalue weighted by atomic mass is 16.3. The van der Waals surface area contributed by atoms with Crippen LogP contribution in [-0.4, -0.2) is 49.2 Å². The summed E-state index contributed by atoms with van der Waals surface area (Å²) < 4.78 is 0. The Kier molecular flexibility index (Phi) is 3.69. The van der Waals surface area contributed by atoms with Crippen molar-refractivity contribution < 1.29 is 9.90 Å². The van der Waals surface area contributed by atoms with Crippen molar-refractivity contribution in [1.29, 1.82) is 0 Å². The van der Waals surface area contributed by atoms with Crippen LogP contribution in [0, 0.1) is 5.92 Å². The molecule has 0 aromatic carbocycles. The van der Waals surface area contributed by atoms with Gasteiger partial charge < -0.3 is 15.3 Å². The van der Waals surface area contributed by atoms with Crippen molar-refractivity contribution in [2.75, 3.05) is 27.2 Å². The maximum absolute atomic E-state index is 11.2. The summed E-state index contributed by atoms with van der Waals surface area (Å²) in [5, 5.41) is 11.7. The number of aliphatic hydroxyl groups excluding tert-OH is 1. The zero-order valence-electron chi connectivity index (χ0n) is 8.29. The van der Waals surface area contributed by atoms with Crippen LogP contribution in [0.3, 0.4) is 0 Å². The number of likely N-dealkylation sites (N-methyl/N-ethyl adjacent to an activating group) is 1. The molecule has 4 heteroatoms. The monoisotopic (exact) mass is 186 g/mol. The highest BCUT2D eigenvalue weighted by molar-refractivity contribution is 5.78. The number of nitrogens with zero attached hydrogens (tertiary/aromatic N) is 1. The van der Waals surface area contributed by atoms with Crippen molar-refractivity contribution in [2.24, 2.45) is 5.92 Å². The molecule has 2 N–H and O–H groups in total. The van der Waals surface area contributed by atoms with Crippen LogP contribution in [0.25, 0.3) is 0 Å². The average molecular weight is 186 g/mol. The first-order valence-electron chi connectivity index (χ1n) is 4.66. The highest BCUT2D eigenvalue weighted by Gasteiger charge is 2.29. The van der Waals surface area contributed by atoms with Gasteiger partial charge in [-0.2, -0.15) is 0 Å². The molecule has 0 unspecified atom stereocenters. The number of carbonyl (C=O) groups excluding carboxylic acids is 1. The third kappa shape index (κ3) is 3.32. The van der Waals surface area contributed by atoms with Gasteiger partial charge in [0, 0.05) is 12.6 Å². The lowest BCUT2D eigenvalue weighted by Crippen LogP contribution is -2.47. The van der Waals surface area contributed by atoms with Crippen molar-refractivity contribution in [2.45, 2.75) is 18.9 Å². The number of hydrogen-bond acceptors (Lipinski definition) is 3. The third-order valence-electron chi connectivity index (χ3n) is 2.32. The molecule has 0 atom stereocenters. The van der Waals surface area contributed by atoms with E-state index in [1.165, 1.54) is 0 Å². The van der Waals surface area contributed by atoms with Gasteiger partial charge in [-0.15, -0.1) is 0 Å². The first-order valence-corrected chi connectivity index (χ1v) is 4.66. The first-order chi connectivity index (χ1) is 6.11. The summed E-state index contributed by atoms with van der Waals surface area (Å²) in [4.78, 5) is 13.1. The molecule has 1 aliphatic carbocycles. The molecular formula is C9H18N2O2. The summed E-state index contributed by atoms with van der Waals surface area (Å²) in [6, 6.07) is 0.296. The van der Waals surface area contributed by atoms with Crippen LogP contribution in [0.4, 0.5) is 0 Å². The van der Waals surface area contributed by atoms with Crippen molar-refractivity contribution >= 4 is 5.91 Å². The Morgan fingerprint density at radius 1 is 1.54 bits per heavy atom.